The number of hydrogen-bond acceptors (Lipinski definition) is 4. The van der Waals surface area contributed by atoms with Gasteiger partial charge in [-0.2, -0.15) is 0 Å². The summed E-state index contributed by atoms with van der Waals surface area (Å²) in [4.78, 5) is 27.3. The summed E-state index contributed by atoms with van der Waals surface area (Å²) in [5.41, 5.74) is 1.73. The van der Waals surface area contributed by atoms with Crippen LogP contribution in [-0.2, 0) is 19.6 Å². The van der Waals surface area contributed by atoms with Gasteiger partial charge in [-0.3, -0.25) is 14.3 Å². The first-order valence-corrected chi connectivity index (χ1v) is 11.8. The number of carbonyl (C=O) groups is 2. The minimum Gasteiger partial charge on any atom is -0.327 e. The normalized spacial score (nSPS) is 15.5. The van der Waals surface area contributed by atoms with Crippen molar-refractivity contribution in [2.45, 2.75) is 38.6 Å². The lowest BCUT2D eigenvalue weighted by Crippen LogP contribution is -2.43. The van der Waals surface area contributed by atoms with Crippen LogP contribution in [0.3, 0.4) is 0 Å². The van der Waals surface area contributed by atoms with Crippen molar-refractivity contribution in [3.63, 3.8) is 0 Å². The molecule has 30 heavy (non-hydrogen) atoms. The van der Waals surface area contributed by atoms with Gasteiger partial charge in [0.05, 0.1) is 5.75 Å². The van der Waals surface area contributed by atoms with Gasteiger partial charge in [0, 0.05) is 24.3 Å². The van der Waals surface area contributed by atoms with Gasteiger partial charge in [-0.25, -0.2) is 8.42 Å². The second-order valence-corrected chi connectivity index (χ2v) is 9.19. The lowest BCUT2D eigenvalue weighted by atomic mass is 10.0. The summed E-state index contributed by atoms with van der Waals surface area (Å²) in [6.07, 6.45) is 2.69. The Balaban J connectivity index is 1.76. The minimum atomic E-state index is -3.37. The number of anilines is 2. The molecule has 2 aromatic carbocycles. The van der Waals surface area contributed by atoms with Gasteiger partial charge in [0.25, 0.3) is 5.91 Å². The Bertz CT molecular complexity index is 975. The number of likely N-dealkylation sites (tertiary alicyclic amines) is 1. The van der Waals surface area contributed by atoms with E-state index >= 15 is 0 Å². The van der Waals surface area contributed by atoms with Gasteiger partial charge in [-0.15, -0.1) is 0 Å². The number of hydrogen-bond donors (Lipinski definition) is 2. The van der Waals surface area contributed by atoms with E-state index in [-0.39, 0.29) is 17.6 Å². The van der Waals surface area contributed by atoms with E-state index in [4.69, 9.17) is 0 Å². The summed E-state index contributed by atoms with van der Waals surface area (Å²) in [5, 5.41) is 2.86. The van der Waals surface area contributed by atoms with Crippen LogP contribution >= 0.6 is 0 Å². The molecule has 0 aromatic heterocycles. The molecular weight excluding hydrogens is 402 g/mol. The molecule has 0 radical (unpaired) electrons. The fraction of sp³-hybridized carbons (Fsp3) is 0.364. The highest BCUT2D eigenvalue weighted by Crippen LogP contribution is 2.27. The predicted molar refractivity (Wildman–Crippen MR) is 118 cm³/mol. The van der Waals surface area contributed by atoms with E-state index in [1.54, 1.807) is 36.1 Å². The van der Waals surface area contributed by atoms with Crippen molar-refractivity contribution in [3.8, 4) is 0 Å². The molecule has 2 N–H and O–H groups in total. The standard InChI is InChI=1S/C22H27N3O4S/c1-2-16-30(28,29)24-19-13-11-18(12-14-19)23-22(27)21(17-8-4-3-5-9-17)25-15-7-6-10-20(25)26/h3-5,8-9,11-14,21,24H,2,6-7,10,15-16H2,1H3,(H,23,27). The quantitative estimate of drug-likeness (QED) is 0.671. The molecule has 160 valence electrons. The van der Waals surface area contributed by atoms with Crippen LogP contribution < -0.4 is 10.0 Å². The summed E-state index contributed by atoms with van der Waals surface area (Å²) < 4.78 is 26.3. The molecule has 1 heterocycles. The van der Waals surface area contributed by atoms with Crippen molar-refractivity contribution >= 4 is 33.2 Å². The largest absolute Gasteiger partial charge is 0.327 e. The monoisotopic (exact) mass is 429 g/mol. The summed E-state index contributed by atoms with van der Waals surface area (Å²) in [7, 11) is -3.37. The van der Waals surface area contributed by atoms with Gasteiger partial charge in [0.15, 0.2) is 0 Å². The number of piperidine rings is 1. The molecule has 3 rings (SSSR count). The third kappa shape index (κ3) is 5.60. The molecule has 2 amide bonds. The third-order valence-electron chi connectivity index (χ3n) is 4.93. The lowest BCUT2D eigenvalue weighted by Gasteiger charge is -2.34. The highest BCUT2D eigenvalue weighted by Gasteiger charge is 2.32. The first-order chi connectivity index (χ1) is 14.4. The highest BCUT2D eigenvalue weighted by atomic mass is 32.2. The summed E-state index contributed by atoms with van der Waals surface area (Å²) in [5.74, 6) is -0.268. The molecule has 0 spiro atoms. The summed E-state index contributed by atoms with van der Waals surface area (Å²) >= 11 is 0. The minimum absolute atomic E-state index is 0.0223. The van der Waals surface area contributed by atoms with E-state index in [9.17, 15) is 18.0 Å². The summed E-state index contributed by atoms with van der Waals surface area (Å²) in [6, 6.07) is 15.0. The van der Waals surface area contributed by atoms with Crippen LogP contribution in [0, 0.1) is 0 Å². The Kier molecular flexibility index (Phi) is 7.10. The van der Waals surface area contributed by atoms with Gasteiger partial charge in [-0.05, 0) is 49.1 Å². The fourth-order valence-electron chi connectivity index (χ4n) is 3.54. The maximum absolute atomic E-state index is 13.1. The van der Waals surface area contributed by atoms with Crippen molar-refractivity contribution in [3.05, 3.63) is 60.2 Å². The first kappa shape index (κ1) is 21.8. The lowest BCUT2D eigenvalue weighted by molar-refractivity contribution is -0.141. The molecule has 1 unspecified atom stereocenters. The Morgan fingerprint density at radius 1 is 1.03 bits per heavy atom. The number of amides is 2. The van der Waals surface area contributed by atoms with E-state index in [1.165, 1.54) is 0 Å². The van der Waals surface area contributed by atoms with Crippen LogP contribution in [0.25, 0.3) is 0 Å². The van der Waals surface area contributed by atoms with Gasteiger partial charge >= 0.3 is 0 Å². The molecule has 0 aliphatic carbocycles. The number of benzene rings is 2. The Labute approximate surface area is 177 Å². The fourth-order valence-corrected chi connectivity index (χ4v) is 4.67. The number of rotatable bonds is 8. The Morgan fingerprint density at radius 3 is 2.33 bits per heavy atom. The van der Waals surface area contributed by atoms with Gasteiger partial charge < -0.3 is 10.2 Å². The Morgan fingerprint density at radius 2 is 1.70 bits per heavy atom. The van der Waals surface area contributed by atoms with Crippen LogP contribution in [0.15, 0.2) is 54.6 Å². The molecule has 1 aliphatic heterocycles. The average molecular weight is 430 g/mol. The molecule has 0 saturated carbocycles. The van der Waals surface area contributed by atoms with E-state index in [2.05, 4.69) is 10.0 Å². The number of nitrogens with zero attached hydrogens (tertiary/aromatic N) is 1. The molecule has 0 bridgehead atoms. The third-order valence-corrected chi connectivity index (χ3v) is 6.43. The van der Waals surface area contributed by atoms with E-state index < -0.39 is 16.1 Å². The van der Waals surface area contributed by atoms with Gasteiger partial charge in [0.1, 0.15) is 6.04 Å². The van der Waals surface area contributed by atoms with Crippen LogP contribution in [0.2, 0.25) is 0 Å². The topological polar surface area (TPSA) is 95.6 Å². The van der Waals surface area contributed by atoms with Crippen molar-refractivity contribution in [2.24, 2.45) is 0 Å². The molecule has 1 aliphatic rings. The number of nitrogens with one attached hydrogen (secondary N) is 2. The second-order valence-electron chi connectivity index (χ2n) is 7.34. The Hall–Kier alpha value is -2.87. The second kappa shape index (κ2) is 9.75. The van der Waals surface area contributed by atoms with Crippen molar-refractivity contribution in [1.29, 1.82) is 0 Å². The molecular formula is C22H27N3O4S. The zero-order valence-corrected chi connectivity index (χ0v) is 17.8. The van der Waals surface area contributed by atoms with Crippen molar-refractivity contribution in [1.82, 2.24) is 4.90 Å². The van der Waals surface area contributed by atoms with Gasteiger partial charge in [-0.1, -0.05) is 37.3 Å². The maximum Gasteiger partial charge on any atom is 0.251 e. The van der Waals surface area contributed by atoms with Crippen LogP contribution in [0.1, 0.15) is 44.2 Å². The first-order valence-electron chi connectivity index (χ1n) is 10.2. The van der Waals surface area contributed by atoms with E-state index in [0.29, 0.717) is 30.8 Å². The van der Waals surface area contributed by atoms with Crippen molar-refractivity contribution < 1.29 is 18.0 Å². The van der Waals surface area contributed by atoms with Crippen LogP contribution in [0.5, 0.6) is 0 Å². The number of sulfonamides is 1. The molecule has 2 aromatic rings. The zero-order chi connectivity index (χ0) is 21.6. The number of carbonyl (C=O) groups excluding carboxylic acids is 2. The smallest absolute Gasteiger partial charge is 0.251 e. The molecule has 1 atom stereocenters. The molecule has 1 fully saturated rings. The maximum atomic E-state index is 13.1. The molecule has 7 nitrogen and oxygen atoms in total. The molecule has 8 heteroatoms. The van der Waals surface area contributed by atoms with E-state index in [1.807, 2.05) is 30.3 Å². The SMILES string of the molecule is CCCS(=O)(=O)Nc1ccc(NC(=O)C(c2ccccc2)N2CCCCC2=O)cc1. The highest BCUT2D eigenvalue weighted by molar-refractivity contribution is 7.92. The summed E-state index contributed by atoms with van der Waals surface area (Å²) in [6.45, 7) is 2.35. The zero-order valence-electron chi connectivity index (χ0n) is 17.0. The molecule has 1 saturated heterocycles. The van der Waals surface area contributed by atoms with Crippen LogP contribution in [0.4, 0.5) is 11.4 Å². The van der Waals surface area contributed by atoms with Crippen molar-refractivity contribution in [2.75, 3.05) is 22.3 Å². The van der Waals surface area contributed by atoms with E-state index in [0.717, 1.165) is 18.4 Å². The average Bonchev–Trinajstić information content (AvgIpc) is 2.72. The van der Waals surface area contributed by atoms with Gasteiger partial charge in [0.2, 0.25) is 15.9 Å². The van der Waals surface area contributed by atoms with Crippen LogP contribution in [-0.4, -0.2) is 37.4 Å². The predicted octanol–water partition coefficient (Wildman–Crippen LogP) is 3.53.